The molecule has 0 aliphatic heterocycles. The first-order valence-corrected chi connectivity index (χ1v) is 8.04. The van der Waals surface area contributed by atoms with Crippen LogP contribution in [0.2, 0.25) is 0 Å². The summed E-state index contributed by atoms with van der Waals surface area (Å²) in [4.78, 5) is 0. The second-order valence-electron chi connectivity index (χ2n) is 5.46. The molecule has 2 aromatic rings. The smallest absolute Gasteiger partial charge is 0.149 e. The van der Waals surface area contributed by atoms with E-state index < -0.39 is 11.6 Å². The van der Waals surface area contributed by atoms with Gasteiger partial charge in [-0.05, 0) is 36.1 Å². The maximum absolute atomic E-state index is 13.7. The molecular formula is C19H23F2NO. The Kier molecular flexibility index (Phi) is 7.01. The van der Waals surface area contributed by atoms with Crippen molar-refractivity contribution in [2.45, 2.75) is 32.7 Å². The minimum Gasteiger partial charge on any atom is -0.381 e. The Labute approximate surface area is 136 Å². The van der Waals surface area contributed by atoms with Crippen LogP contribution >= 0.6 is 0 Å². The zero-order valence-electron chi connectivity index (χ0n) is 13.4. The third kappa shape index (κ3) is 5.64. The van der Waals surface area contributed by atoms with E-state index in [0.29, 0.717) is 18.8 Å². The summed E-state index contributed by atoms with van der Waals surface area (Å²) in [5.41, 5.74) is 2.58. The molecule has 2 nitrogen and oxygen atoms in total. The van der Waals surface area contributed by atoms with Gasteiger partial charge < -0.3 is 10.1 Å². The quantitative estimate of drug-likeness (QED) is 0.661. The fourth-order valence-electron chi connectivity index (χ4n) is 2.33. The topological polar surface area (TPSA) is 21.3 Å². The molecule has 124 valence electrons. The summed E-state index contributed by atoms with van der Waals surface area (Å²) in [6.45, 7) is 4.10. The van der Waals surface area contributed by atoms with E-state index in [9.17, 15) is 8.78 Å². The average Bonchev–Trinajstić information content (AvgIpc) is 2.55. The lowest BCUT2D eigenvalue weighted by Gasteiger charge is -2.12. The zero-order valence-corrected chi connectivity index (χ0v) is 13.4. The summed E-state index contributed by atoms with van der Waals surface area (Å²) in [7, 11) is 0. The molecule has 0 aliphatic rings. The highest BCUT2D eigenvalue weighted by atomic mass is 19.1. The van der Waals surface area contributed by atoms with Crippen LogP contribution in [0.4, 0.5) is 14.5 Å². The van der Waals surface area contributed by atoms with Gasteiger partial charge in [-0.3, -0.25) is 0 Å². The van der Waals surface area contributed by atoms with Gasteiger partial charge in [0.15, 0.2) is 0 Å². The molecular weight excluding hydrogens is 296 g/mol. The summed E-state index contributed by atoms with van der Waals surface area (Å²) in [5.74, 6) is -1.15. The van der Waals surface area contributed by atoms with Crippen LogP contribution in [0.5, 0.6) is 0 Å². The second-order valence-corrected chi connectivity index (χ2v) is 5.46. The fraction of sp³-hybridized carbons (Fsp3) is 0.368. The third-order valence-corrected chi connectivity index (χ3v) is 3.68. The number of ether oxygens (including phenoxy) is 1. The van der Waals surface area contributed by atoms with E-state index in [1.165, 1.54) is 17.7 Å². The van der Waals surface area contributed by atoms with Gasteiger partial charge in [0.1, 0.15) is 11.6 Å². The van der Waals surface area contributed by atoms with Crippen molar-refractivity contribution in [2.24, 2.45) is 0 Å². The summed E-state index contributed by atoms with van der Waals surface area (Å²) in [6, 6.07) is 11.6. The third-order valence-electron chi connectivity index (χ3n) is 3.68. The van der Waals surface area contributed by atoms with Gasteiger partial charge in [0.2, 0.25) is 0 Å². The second kappa shape index (κ2) is 9.26. The van der Waals surface area contributed by atoms with Gasteiger partial charge in [-0.1, -0.05) is 37.6 Å². The molecule has 1 N–H and O–H groups in total. The minimum atomic E-state index is -0.578. The molecule has 0 saturated heterocycles. The predicted molar refractivity (Wildman–Crippen MR) is 89.6 cm³/mol. The van der Waals surface area contributed by atoms with Gasteiger partial charge in [0.05, 0.1) is 12.3 Å². The highest BCUT2D eigenvalue weighted by Gasteiger charge is 2.06. The van der Waals surface area contributed by atoms with Crippen LogP contribution in [0.3, 0.4) is 0 Å². The SMILES string of the molecule is CCCCOCCc1ccccc1CNc1ccc(F)cc1F. The van der Waals surface area contributed by atoms with E-state index in [1.807, 2.05) is 18.2 Å². The Morgan fingerprint density at radius 1 is 1.00 bits per heavy atom. The number of unbranched alkanes of at least 4 members (excludes halogenated alkanes) is 1. The van der Waals surface area contributed by atoms with Crippen molar-refractivity contribution in [2.75, 3.05) is 18.5 Å². The van der Waals surface area contributed by atoms with E-state index >= 15 is 0 Å². The Bertz CT molecular complexity index is 616. The van der Waals surface area contributed by atoms with Gasteiger partial charge in [0.25, 0.3) is 0 Å². The fourth-order valence-corrected chi connectivity index (χ4v) is 2.33. The molecule has 0 unspecified atom stereocenters. The van der Waals surface area contributed by atoms with Gasteiger partial charge in [-0.2, -0.15) is 0 Å². The van der Waals surface area contributed by atoms with Crippen LogP contribution in [0.25, 0.3) is 0 Å². The van der Waals surface area contributed by atoms with E-state index in [2.05, 4.69) is 18.3 Å². The van der Waals surface area contributed by atoms with Crippen molar-refractivity contribution in [3.05, 3.63) is 65.2 Å². The summed E-state index contributed by atoms with van der Waals surface area (Å²) in [6.07, 6.45) is 3.03. The zero-order chi connectivity index (χ0) is 16.5. The molecule has 2 aromatic carbocycles. The van der Waals surface area contributed by atoms with Crippen LogP contribution < -0.4 is 5.32 Å². The number of rotatable bonds is 9. The molecule has 0 aromatic heterocycles. The van der Waals surface area contributed by atoms with Crippen LogP contribution in [0, 0.1) is 11.6 Å². The molecule has 4 heteroatoms. The van der Waals surface area contributed by atoms with Crippen molar-refractivity contribution in [3.8, 4) is 0 Å². The Morgan fingerprint density at radius 3 is 2.52 bits per heavy atom. The Morgan fingerprint density at radius 2 is 1.78 bits per heavy atom. The van der Waals surface area contributed by atoms with E-state index in [0.717, 1.165) is 37.5 Å². The van der Waals surface area contributed by atoms with Crippen LogP contribution in [-0.4, -0.2) is 13.2 Å². The number of hydrogen-bond acceptors (Lipinski definition) is 2. The summed E-state index contributed by atoms with van der Waals surface area (Å²) in [5, 5.41) is 3.03. The standard InChI is InChI=1S/C19H23F2NO/c1-2-3-11-23-12-10-15-6-4-5-7-16(15)14-22-19-9-8-17(20)13-18(19)21/h4-9,13,22H,2-3,10-12,14H2,1H3. The lowest BCUT2D eigenvalue weighted by Crippen LogP contribution is -2.07. The molecule has 0 bridgehead atoms. The van der Waals surface area contributed by atoms with Gasteiger partial charge in [0, 0.05) is 19.2 Å². The number of hydrogen-bond donors (Lipinski definition) is 1. The first-order valence-electron chi connectivity index (χ1n) is 8.04. The number of nitrogens with one attached hydrogen (secondary N) is 1. The lowest BCUT2D eigenvalue weighted by molar-refractivity contribution is 0.134. The van der Waals surface area contributed by atoms with E-state index in [1.54, 1.807) is 0 Å². The number of benzene rings is 2. The van der Waals surface area contributed by atoms with Crippen molar-refractivity contribution in [1.82, 2.24) is 0 Å². The molecule has 23 heavy (non-hydrogen) atoms. The molecule has 0 heterocycles. The van der Waals surface area contributed by atoms with Crippen LogP contribution in [-0.2, 0) is 17.7 Å². The number of anilines is 1. The molecule has 0 spiro atoms. The van der Waals surface area contributed by atoms with Crippen molar-refractivity contribution >= 4 is 5.69 Å². The minimum absolute atomic E-state index is 0.306. The van der Waals surface area contributed by atoms with E-state index in [4.69, 9.17) is 4.74 Å². The highest BCUT2D eigenvalue weighted by Crippen LogP contribution is 2.17. The molecule has 0 aliphatic carbocycles. The normalized spacial score (nSPS) is 10.7. The van der Waals surface area contributed by atoms with Crippen LogP contribution in [0.1, 0.15) is 30.9 Å². The molecule has 2 rings (SSSR count). The molecule has 0 atom stereocenters. The Balaban J connectivity index is 1.92. The molecule has 0 radical (unpaired) electrons. The van der Waals surface area contributed by atoms with Gasteiger partial charge in [-0.25, -0.2) is 8.78 Å². The van der Waals surface area contributed by atoms with Crippen molar-refractivity contribution in [3.63, 3.8) is 0 Å². The molecule has 0 fully saturated rings. The van der Waals surface area contributed by atoms with Crippen LogP contribution in [0.15, 0.2) is 42.5 Å². The van der Waals surface area contributed by atoms with E-state index in [-0.39, 0.29) is 0 Å². The molecule has 0 amide bonds. The lowest BCUT2D eigenvalue weighted by atomic mass is 10.0. The molecule has 0 saturated carbocycles. The maximum atomic E-state index is 13.7. The maximum Gasteiger partial charge on any atom is 0.149 e. The number of halogens is 2. The first kappa shape index (κ1) is 17.4. The van der Waals surface area contributed by atoms with Gasteiger partial charge >= 0.3 is 0 Å². The summed E-state index contributed by atoms with van der Waals surface area (Å²) < 4.78 is 32.2. The van der Waals surface area contributed by atoms with Crippen molar-refractivity contribution < 1.29 is 13.5 Å². The predicted octanol–water partition coefficient (Wildman–Crippen LogP) is 4.94. The largest absolute Gasteiger partial charge is 0.381 e. The monoisotopic (exact) mass is 319 g/mol. The first-order chi connectivity index (χ1) is 11.2. The summed E-state index contributed by atoms with van der Waals surface area (Å²) >= 11 is 0. The van der Waals surface area contributed by atoms with Gasteiger partial charge in [-0.15, -0.1) is 0 Å². The van der Waals surface area contributed by atoms with Crippen molar-refractivity contribution in [1.29, 1.82) is 0 Å². The average molecular weight is 319 g/mol. The Hall–Kier alpha value is -1.94. The highest BCUT2D eigenvalue weighted by molar-refractivity contribution is 5.45.